The minimum Gasteiger partial charge on any atom is -0.481 e. The molecule has 0 spiro atoms. The summed E-state index contributed by atoms with van der Waals surface area (Å²) in [4.78, 5) is 37.4. The van der Waals surface area contributed by atoms with Crippen LogP contribution in [0.1, 0.15) is 63.0 Å². The van der Waals surface area contributed by atoms with E-state index in [1.54, 1.807) is 0 Å². The lowest BCUT2D eigenvalue weighted by Gasteiger charge is -2.32. The number of ether oxygens (including phenoxy) is 1. The molecule has 2 aromatic rings. The fourth-order valence-electron chi connectivity index (χ4n) is 5.54. The number of aliphatic carboxylic acids is 1. The average molecular weight is 479 g/mol. The van der Waals surface area contributed by atoms with Crippen LogP contribution in [0.25, 0.3) is 11.1 Å². The number of alkyl carbamates (subject to hydrolysis) is 1. The molecule has 0 aromatic heterocycles. The predicted octanol–water partition coefficient (Wildman–Crippen LogP) is 4.70. The lowest BCUT2D eigenvalue weighted by atomic mass is 9.80. The Labute approximate surface area is 206 Å². The van der Waals surface area contributed by atoms with Crippen LogP contribution in [0.4, 0.5) is 4.79 Å². The number of carboxylic acid groups (broad SMARTS) is 1. The Morgan fingerprint density at radius 3 is 2.14 bits per heavy atom. The topological polar surface area (TPSA) is 105 Å². The van der Waals surface area contributed by atoms with Gasteiger partial charge in [-0.15, -0.1) is 0 Å². The van der Waals surface area contributed by atoms with Crippen molar-refractivity contribution in [3.05, 3.63) is 59.7 Å². The SMILES string of the molecule is CCC(CC)(CNC(=O)OCC1c2ccccc2-c2ccccc21)C(=O)NC1CCCC1C(=O)O. The summed E-state index contributed by atoms with van der Waals surface area (Å²) >= 11 is 0. The summed E-state index contributed by atoms with van der Waals surface area (Å²) in [5.74, 6) is -1.67. The number of hydrogen-bond acceptors (Lipinski definition) is 4. The van der Waals surface area contributed by atoms with Gasteiger partial charge in [-0.25, -0.2) is 4.79 Å². The van der Waals surface area contributed by atoms with Crippen LogP contribution in [0.15, 0.2) is 48.5 Å². The quantitative estimate of drug-likeness (QED) is 0.485. The Balaban J connectivity index is 1.37. The van der Waals surface area contributed by atoms with Gasteiger partial charge in [0.1, 0.15) is 6.61 Å². The van der Waals surface area contributed by atoms with Crippen LogP contribution in [-0.4, -0.2) is 42.3 Å². The maximum absolute atomic E-state index is 13.2. The summed E-state index contributed by atoms with van der Waals surface area (Å²) in [6.07, 6.45) is 2.49. The van der Waals surface area contributed by atoms with E-state index >= 15 is 0 Å². The highest BCUT2D eigenvalue weighted by Crippen LogP contribution is 2.44. The van der Waals surface area contributed by atoms with Gasteiger partial charge < -0.3 is 20.5 Å². The zero-order valence-corrected chi connectivity index (χ0v) is 20.4. The first kappa shape index (κ1) is 24.8. The Kier molecular flexibility index (Phi) is 7.43. The number of nitrogens with one attached hydrogen (secondary N) is 2. The van der Waals surface area contributed by atoms with E-state index in [9.17, 15) is 19.5 Å². The largest absolute Gasteiger partial charge is 0.481 e. The van der Waals surface area contributed by atoms with Crippen molar-refractivity contribution in [2.24, 2.45) is 11.3 Å². The summed E-state index contributed by atoms with van der Waals surface area (Å²) in [5.41, 5.74) is 3.79. The monoisotopic (exact) mass is 478 g/mol. The first-order chi connectivity index (χ1) is 16.9. The summed E-state index contributed by atoms with van der Waals surface area (Å²) in [6.45, 7) is 4.16. The van der Waals surface area contributed by atoms with E-state index in [-0.39, 0.29) is 31.0 Å². The molecule has 1 saturated carbocycles. The lowest BCUT2D eigenvalue weighted by molar-refractivity contribution is -0.142. The van der Waals surface area contributed by atoms with Crippen molar-refractivity contribution in [2.45, 2.75) is 57.9 Å². The van der Waals surface area contributed by atoms with Gasteiger partial charge in [-0.05, 0) is 47.9 Å². The van der Waals surface area contributed by atoms with E-state index in [4.69, 9.17) is 4.74 Å². The van der Waals surface area contributed by atoms with E-state index in [2.05, 4.69) is 34.9 Å². The molecule has 1 fully saturated rings. The average Bonchev–Trinajstić information content (AvgIpc) is 3.46. The Morgan fingerprint density at radius 2 is 1.57 bits per heavy atom. The number of carbonyl (C=O) groups excluding carboxylic acids is 2. The third-order valence-corrected chi connectivity index (χ3v) is 7.90. The maximum atomic E-state index is 13.2. The number of fused-ring (bicyclic) bond motifs is 3. The number of rotatable bonds is 9. The number of hydrogen-bond donors (Lipinski definition) is 3. The molecule has 2 atom stereocenters. The van der Waals surface area contributed by atoms with Crippen LogP contribution < -0.4 is 10.6 Å². The molecule has 7 heteroatoms. The highest BCUT2D eigenvalue weighted by molar-refractivity contribution is 5.85. The minimum atomic E-state index is -0.872. The highest BCUT2D eigenvalue weighted by Gasteiger charge is 2.40. The molecule has 2 aliphatic carbocycles. The second-order valence-electron chi connectivity index (χ2n) is 9.62. The first-order valence-corrected chi connectivity index (χ1v) is 12.5. The summed E-state index contributed by atoms with van der Waals surface area (Å²) < 4.78 is 5.63. The predicted molar refractivity (Wildman–Crippen MR) is 133 cm³/mol. The molecule has 2 unspecified atom stereocenters. The normalized spacial score (nSPS) is 19.0. The number of carbonyl (C=O) groups is 3. The lowest BCUT2D eigenvalue weighted by Crippen LogP contribution is -2.52. The van der Waals surface area contributed by atoms with Crippen LogP contribution in [-0.2, 0) is 14.3 Å². The minimum absolute atomic E-state index is 0.0334. The standard InChI is InChI=1S/C28H34N2O5/c1-3-28(4-2,26(33)30-24-15-9-14-22(24)25(31)32)17-29-27(34)35-16-23-20-12-7-5-10-18(20)19-11-6-8-13-21(19)23/h5-8,10-13,22-24H,3-4,9,14-17H2,1-2H3,(H,29,34)(H,30,33)(H,31,32). The molecule has 0 aliphatic heterocycles. The van der Waals surface area contributed by atoms with Gasteiger partial charge in [-0.1, -0.05) is 68.8 Å². The van der Waals surface area contributed by atoms with E-state index in [1.165, 1.54) is 0 Å². The van der Waals surface area contributed by atoms with Gasteiger partial charge in [0, 0.05) is 18.5 Å². The van der Waals surface area contributed by atoms with E-state index < -0.39 is 23.4 Å². The van der Waals surface area contributed by atoms with Gasteiger partial charge in [0.15, 0.2) is 0 Å². The smallest absolute Gasteiger partial charge is 0.407 e. The fraction of sp³-hybridized carbons (Fsp3) is 0.464. The Morgan fingerprint density at radius 1 is 0.971 bits per heavy atom. The summed E-state index contributed by atoms with van der Waals surface area (Å²) in [6, 6.07) is 15.9. The van der Waals surface area contributed by atoms with E-state index in [1.807, 2.05) is 38.1 Å². The molecule has 2 aliphatic rings. The summed E-state index contributed by atoms with van der Waals surface area (Å²) in [5, 5.41) is 15.2. The molecule has 4 rings (SSSR count). The first-order valence-electron chi connectivity index (χ1n) is 12.5. The maximum Gasteiger partial charge on any atom is 0.407 e. The van der Waals surface area contributed by atoms with Crippen LogP contribution in [0.3, 0.4) is 0 Å². The molecular weight excluding hydrogens is 444 g/mol. The van der Waals surface area contributed by atoms with Gasteiger partial charge in [-0.2, -0.15) is 0 Å². The molecule has 0 heterocycles. The van der Waals surface area contributed by atoms with Crippen molar-refractivity contribution >= 4 is 18.0 Å². The van der Waals surface area contributed by atoms with Gasteiger partial charge in [0.05, 0.1) is 11.3 Å². The molecule has 0 radical (unpaired) electrons. The molecular formula is C28H34N2O5. The molecule has 0 saturated heterocycles. The van der Waals surface area contributed by atoms with Gasteiger partial charge in [-0.3, -0.25) is 9.59 Å². The Hall–Kier alpha value is -3.35. The van der Waals surface area contributed by atoms with Crippen molar-refractivity contribution in [1.29, 1.82) is 0 Å². The molecule has 35 heavy (non-hydrogen) atoms. The van der Waals surface area contributed by atoms with Crippen LogP contribution in [0, 0.1) is 11.3 Å². The number of carboxylic acids is 1. The number of benzene rings is 2. The molecule has 3 N–H and O–H groups in total. The van der Waals surface area contributed by atoms with Gasteiger partial charge in [0.2, 0.25) is 5.91 Å². The number of amides is 2. The van der Waals surface area contributed by atoms with Crippen molar-refractivity contribution in [1.82, 2.24) is 10.6 Å². The molecule has 2 amide bonds. The van der Waals surface area contributed by atoms with Crippen molar-refractivity contribution in [2.75, 3.05) is 13.2 Å². The van der Waals surface area contributed by atoms with Gasteiger partial charge in [0.25, 0.3) is 0 Å². The second kappa shape index (κ2) is 10.5. The third-order valence-electron chi connectivity index (χ3n) is 7.90. The van der Waals surface area contributed by atoms with Gasteiger partial charge >= 0.3 is 12.1 Å². The molecule has 2 aromatic carbocycles. The van der Waals surface area contributed by atoms with E-state index in [0.29, 0.717) is 25.7 Å². The van der Waals surface area contributed by atoms with Crippen molar-refractivity contribution in [3.8, 4) is 11.1 Å². The molecule has 0 bridgehead atoms. The fourth-order valence-corrected chi connectivity index (χ4v) is 5.54. The zero-order chi connectivity index (χ0) is 25.0. The highest BCUT2D eigenvalue weighted by atomic mass is 16.5. The molecule has 186 valence electrons. The van der Waals surface area contributed by atoms with E-state index in [0.717, 1.165) is 28.7 Å². The van der Waals surface area contributed by atoms with Crippen LogP contribution in [0.5, 0.6) is 0 Å². The zero-order valence-electron chi connectivity index (χ0n) is 20.4. The van der Waals surface area contributed by atoms with Crippen molar-refractivity contribution < 1.29 is 24.2 Å². The second-order valence-corrected chi connectivity index (χ2v) is 9.62. The van der Waals surface area contributed by atoms with Crippen LogP contribution >= 0.6 is 0 Å². The van der Waals surface area contributed by atoms with Crippen LogP contribution in [0.2, 0.25) is 0 Å². The molecule has 7 nitrogen and oxygen atoms in total. The Bertz CT molecular complexity index is 1050. The third kappa shape index (κ3) is 4.90. The van der Waals surface area contributed by atoms with Crippen molar-refractivity contribution in [3.63, 3.8) is 0 Å². The summed E-state index contributed by atoms with van der Waals surface area (Å²) in [7, 11) is 0.